The minimum absolute atomic E-state index is 0. The lowest BCUT2D eigenvalue weighted by atomic mass is 10.2. The maximum Gasteiger partial charge on any atom is 0.191 e. The third-order valence-corrected chi connectivity index (χ3v) is 4.86. The van der Waals surface area contributed by atoms with Gasteiger partial charge in [-0.05, 0) is 12.1 Å². The summed E-state index contributed by atoms with van der Waals surface area (Å²) in [7, 11) is 5.04. The van der Waals surface area contributed by atoms with Crippen LogP contribution in [-0.2, 0) is 13.1 Å². The Kier molecular flexibility index (Phi) is 9.71. The number of benzene rings is 1. The van der Waals surface area contributed by atoms with Crippen molar-refractivity contribution >= 4 is 41.3 Å². The number of rotatable bonds is 7. The zero-order valence-electron chi connectivity index (χ0n) is 15.8. The number of hydrogen-bond acceptors (Lipinski definition) is 5. The lowest BCUT2D eigenvalue weighted by molar-refractivity contribution is 0.390. The summed E-state index contributed by atoms with van der Waals surface area (Å²) in [6.45, 7) is 5.54. The van der Waals surface area contributed by atoms with Gasteiger partial charge in [-0.15, -0.1) is 35.3 Å². The first-order valence-electron chi connectivity index (χ1n) is 8.17. The minimum Gasteiger partial charge on any atom is -0.497 e. The smallest absolute Gasteiger partial charge is 0.191 e. The van der Waals surface area contributed by atoms with Crippen molar-refractivity contribution in [3.63, 3.8) is 0 Å². The molecule has 0 aliphatic heterocycles. The second kappa shape index (κ2) is 11.2. The number of aliphatic imine (C=N–C) groups is 1. The predicted octanol–water partition coefficient (Wildman–Crippen LogP) is 3.77. The van der Waals surface area contributed by atoms with Crippen LogP contribution in [0.25, 0.3) is 0 Å². The second-order valence-corrected chi connectivity index (χ2v) is 6.68. The van der Waals surface area contributed by atoms with Crippen molar-refractivity contribution in [3.8, 4) is 11.5 Å². The summed E-state index contributed by atoms with van der Waals surface area (Å²) in [4.78, 5) is 8.87. The van der Waals surface area contributed by atoms with E-state index in [-0.39, 0.29) is 24.0 Å². The van der Waals surface area contributed by atoms with Crippen molar-refractivity contribution in [2.75, 3.05) is 21.3 Å². The third kappa shape index (κ3) is 6.31. The van der Waals surface area contributed by atoms with E-state index in [4.69, 9.17) is 9.47 Å². The number of halogens is 1. The van der Waals surface area contributed by atoms with Crippen LogP contribution in [0.1, 0.15) is 36.0 Å². The van der Waals surface area contributed by atoms with E-state index in [9.17, 15) is 0 Å². The van der Waals surface area contributed by atoms with Gasteiger partial charge < -0.3 is 20.1 Å². The van der Waals surface area contributed by atoms with E-state index in [1.807, 2.05) is 18.2 Å². The number of thiazole rings is 1. The Labute approximate surface area is 176 Å². The Morgan fingerprint density at radius 1 is 1.19 bits per heavy atom. The van der Waals surface area contributed by atoms with Crippen LogP contribution < -0.4 is 20.1 Å². The number of ether oxygens (including phenoxy) is 2. The van der Waals surface area contributed by atoms with Gasteiger partial charge in [0.25, 0.3) is 0 Å². The van der Waals surface area contributed by atoms with E-state index in [1.165, 1.54) is 0 Å². The summed E-state index contributed by atoms with van der Waals surface area (Å²) >= 11 is 1.70. The molecular weight excluding hydrogens is 463 g/mol. The highest BCUT2D eigenvalue weighted by molar-refractivity contribution is 14.0. The van der Waals surface area contributed by atoms with Gasteiger partial charge in [0.1, 0.15) is 11.5 Å². The Balaban J connectivity index is 0.00000338. The molecule has 2 rings (SSSR count). The molecule has 2 N–H and O–H groups in total. The summed E-state index contributed by atoms with van der Waals surface area (Å²) < 4.78 is 10.6. The minimum atomic E-state index is 0. The molecule has 0 saturated carbocycles. The predicted molar refractivity (Wildman–Crippen MR) is 118 cm³/mol. The molecule has 0 spiro atoms. The Morgan fingerprint density at radius 2 is 1.92 bits per heavy atom. The van der Waals surface area contributed by atoms with Gasteiger partial charge in [0, 0.05) is 36.5 Å². The molecule has 144 valence electrons. The molecule has 6 nitrogen and oxygen atoms in total. The molecule has 0 saturated heterocycles. The van der Waals surface area contributed by atoms with E-state index in [1.54, 1.807) is 32.6 Å². The largest absolute Gasteiger partial charge is 0.497 e. The lowest BCUT2D eigenvalue weighted by Crippen LogP contribution is -2.36. The summed E-state index contributed by atoms with van der Waals surface area (Å²) in [6.07, 6.45) is 0. The number of aromatic nitrogens is 1. The summed E-state index contributed by atoms with van der Waals surface area (Å²) in [6, 6.07) is 5.77. The molecule has 0 fully saturated rings. The van der Waals surface area contributed by atoms with Gasteiger partial charge in [0.2, 0.25) is 0 Å². The first-order chi connectivity index (χ1) is 12.1. The van der Waals surface area contributed by atoms with Crippen molar-refractivity contribution in [1.82, 2.24) is 15.6 Å². The fourth-order valence-corrected chi connectivity index (χ4v) is 3.08. The van der Waals surface area contributed by atoms with Crippen LogP contribution in [0.5, 0.6) is 11.5 Å². The molecule has 8 heteroatoms. The number of nitrogens with zero attached hydrogens (tertiary/aromatic N) is 2. The average molecular weight is 490 g/mol. The summed E-state index contributed by atoms with van der Waals surface area (Å²) in [5.41, 5.74) is 2.06. The fourth-order valence-electron chi connectivity index (χ4n) is 2.24. The van der Waals surface area contributed by atoms with Gasteiger partial charge in [-0.25, -0.2) is 4.98 Å². The monoisotopic (exact) mass is 490 g/mol. The molecule has 1 heterocycles. The van der Waals surface area contributed by atoms with Crippen LogP contribution >= 0.6 is 35.3 Å². The zero-order valence-corrected chi connectivity index (χ0v) is 19.0. The SMILES string of the molecule is CN=C(NCc1csc(C(C)C)n1)NCc1ccc(OC)cc1OC.I. The van der Waals surface area contributed by atoms with Crippen molar-refractivity contribution < 1.29 is 9.47 Å². The van der Waals surface area contributed by atoms with Gasteiger partial charge in [-0.2, -0.15) is 0 Å². The maximum absolute atomic E-state index is 5.42. The van der Waals surface area contributed by atoms with Crippen molar-refractivity contribution in [2.45, 2.75) is 32.9 Å². The van der Waals surface area contributed by atoms with Crippen LogP contribution in [0.4, 0.5) is 0 Å². The number of methoxy groups -OCH3 is 2. The lowest BCUT2D eigenvalue weighted by Gasteiger charge is -2.14. The van der Waals surface area contributed by atoms with E-state index in [0.717, 1.165) is 33.7 Å². The first-order valence-corrected chi connectivity index (χ1v) is 9.05. The van der Waals surface area contributed by atoms with E-state index in [0.29, 0.717) is 19.0 Å². The Bertz CT molecular complexity index is 719. The van der Waals surface area contributed by atoms with Gasteiger partial charge >= 0.3 is 0 Å². The molecule has 0 atom stereocenters. The van der Waals surface area contributed by atoms with Gasteiger partial charge in [0.15, 0.2) is 5.96 Å². The molecule has 1 aromatic carbocycles. The average Bonchev–Trinajstić information content (AvgIpc) is 3.11. The molecule has 0 amide bonds. The highest BCUT2D eigenvalue weighted by Gasteiger charge is 2.08. The third-order valence-electron chi connectivity index (χ3n) is 3.66. The van der Waals surface area contributed by atoms with Crippen LogP contribution in [0, 0.1) is 0 Å². The van der Waals surface area contributed by atoms with Gasteiger partial charge in [0.05, 0.1) is 31.5 Å². The number of hydrogen-bond donors (Lipinski definition) is 2. The van der Waals surface area contributed by atoms with E-state index in [2.05, 4.69) is 39.8 Å². The van der Waals surface area contributed by atoms with Crippen LogP contribution in [0.2, 0.25) is 0 Å². The van der Waals surface area contributed by atoms with E-state index < -0.39 is 0 Å². The number of guanidine groups is 1. The summed E-state index contributed by atoms with van der Waals surface area (Å²) in [5.74, 6) is 2.73. The zero-order chi connectivity index (χ0) is 18.2. The fraction of sp³-hybridized carbons (Fsp3) is 0.444. The van der Waals surface area contributed by atoms with Gasteiger partial charge in [-0.3, -0.25) is 4.99 Å². The molecule has 26 heavy (non-hydrogen) atoms. The normalized spacial score (nSPS) is 11.1. The van der Waals surface area contributed by atoms with Crippen molar-refractivity contribution in [2.24, 2.45) is 4.99 Å². The molecule has 0 aliphatic carbocycles. The standard InChI is InChI=1S/C18H26N4O2S.HI/c1-12(2)17-22-14(11-25-17)10-21-18(19-3)20-9-13-6-7-15(23-4)8-16(13)24-5;/h6-8,11-12H,9-10H2,1-5H3,(H2,19,20,21);1H. The van der Waals surface area contributed by atoms with Crippen LogP contribution in [0.15, 0.2) is 28.6 Å². The van der Waals surface area contributed by atoms with Crippen molar-refractivity contribution in [1.29, 1.82) is 0 Å². The second-order valence-electron chi connectivity index (χ2n) is 5.79. The highest BCUT2D eigenvalue weighted by Crippen LogP contribution is 2.24. The van der Waals surface area contributed by atoms with Crippen LogP contribution in [0.3, 0.4) is 0 Å². The molecule has 0 unspecified atom stereocenters. The maximum atomic E-state index is 5.42. The molecule has 0 bridgehead atoms. The topological polar surface area (TPSA) is 67.8 Å². The molecule has 2 aromatic rings. The molecular formula is C18H27IN4O2S. The van der Waals surface area contributed by atoms with E-state index >= 15 is 0 Å². The molecule has 0 aliphatic rings. The Hall–Kier alpha value is -1.55. The quantitative estimate of drug-likeness (QED) is 0.352. The number of nitrogens with one attached hydrogen (secondary N) is 2. The summed E-state index contributed by atoms with van der Waals surface area (Å²) in [5, 5.41) is 9.82. The van der Waals surface area contributed by atoms with Gasteiger partial charge in [-0.1, -0.05) is 13.8 Å². The first kappa shape index (κ1) is 22.5. The van der Waals surface area contributed by atoms with Crippen LogP contribution in [-0.4, -0.2) is 32.2 Å². The molecule has 1 aromatic heterocycles. The van der Waals surface area contributed by atoms with Crippen molar-refractivity contribution in [3.05, 3.63) is 39.8 Å². The Morgan fingerprint density at radius 3 is 2.50 bits per heavy atom. The highest BCUT2D eigenvalue weighted by atomic mass is 127. The molecule has 0 radical (unpaired) electrons.